The number of nitro groups is 1. The van der Waals surface area contributed by atoms with Crippen LogP contribution in [0.3, 0.4) is 0 Å². The summed E-state index contributed by atoms with van der Waals surface area (Å²) in [6, 6.07) is 0.718. The normalized spacial score (nSPS) is 11.5. The highest BCUT2D eigenvalue weighted by Crippen LogP contribution is 2.33. The van der Waals surface area contributed by atoms with Gasteiger partial charge in [-0.2, -0.15) is 13.2 Å². The Morgan fingerprint density at radius 3 is 2.53 bits per heavy atom. The number of hydrogen-bond donors (Lipinski definition) is 0. The van der Waals surface area contributed by atoms with E-state index in [0.717, 1.165) is 6.07 Å². The minimum Gasteiger partial charge on any atom is -0.358 e. The standard InChI is InChI=1S/C7H4ClF3N2O2/c8-2-4-1-6(13(14)15)12-3-5(4)7(9,10)11/h1,3H,2H2. The lowest BCUT2D eigenvalue weighted by Gasteiger charge is -2.08. The Balaban J connectivity index is 3.27. The number of hydrogen-bond acceptors (Lipinski definition) is 3. The summed E-state index contributed by atoms with van der Waals surface area (Å²) in [7, 11) is 0. The largest absolute Gasteiger partial charge is 0.420 e. The van der Waals surface area contributed by atoms with Crippen LogP contribution in [0.2, 0.25) is 0 Å². The fourth-order valence-corrected chi connectivity index (χ4v) is 1.17. The van der Waals surface area contributed by atoms with Gasteiger partial charge in [0.1, 0.15) is 5.56 Å². The van der Waals surface area contributed by atoms with Crippen molar-refractivity contribution in [2.75, 3.05) is 0 Å². The molecule has 1 rings (SSSR count). The van der Waals surface area contributed by atoms with Gasteiger partial charge in [-0.3, -0.25) is 0 Å². The van der Waals surface area contributed by atoms with E-state index in [1.165, 1.54) is 0 Å². The van der Waals surface area contributed by atoms with Crippen molar-refractivity contribution in [3.63, 3.8) is 0 Å². The molecular weight excluding hydrogens is 237 g/mol. The summed E-state index contributed by atoms with van der Waals surface area (Å²) in [6.07, 6.45) is -4.19. The van der Waals surface area contributed by atoms with E-state index in [2.05, 4.69) is 4.98 Å². The maximum Gasteiger partial charge on any atom is 0.420 e. The van der Waals surface area contributed by atoms with Crippen LogP contribution < -0.4 is 0 Å². The molecular formula is C7H4ClF3N2O2. The van der Waals surface area contributed by atoms with Gasteiger partial charge in [0.2, 0.25) is 0 Å². The second kappa shape index (κ2) is 4.01. The van der Waals surface area contributed by atoms with Gasteiger partial charge in [-0.25, -0.2) is 0 Å². The zero-order chi connectivity index (χ0) is 11.6. The van der Waals surface area contributed by atoms with E-state index in [-0.39, 0.29) is 5.56 Å². The maximum absolute atomic E-state index is 12.3. The van der Waals surface area contributed by atoms with E-state index in [9.17, 15) is 23.3 Å². The Morgan fingerprint density at radius 2 is 2.13 bits per heavy atom. The van der Waals surface area contributed by atoms with Gasteiger partial charge in [-0.1, -0.05) is 0 Å². The third-order valence-electron chi connectivity index (χ3n) is 1.61. The minimum absolute atomic E-state index is 0.356. The summed E-state index contributed by atoms with van der Waals surface area (Å²) in [5.74, 6) is -1.11. The van der Waals surface area contributed by atoms with Crippen LogP contribution in [-0.2, 0) is 12.1 Å². The molecule has 0 saturated heterocycles. The van der Waals surface area contributed by atoms with Crippen LogP contribution >= 0.6 is 11.6 Å². The lowest BCUT2D eigenvalue weighted by molar-refractivity contribution is -0.389. The van der Waals surface area contributed by atoms with E-state index in [0.29, 0.717) is 6.20 Å². The van der Waals surface area contributed by atoms with E-state index in [1.807, 2.05) is 0 Å². The number of halogens is 4. The van der Waals surface area contributed by atoms with E-state index < -0.39 is 28.4 Å². The molecule has 0 aromatic carbocycles. The van der Waals surface area contributed by atoms with Gasteiger partial charge in [-0.15, -0.1) is 11.6 Å². The van der Waals surface area contributed by atoms with Crippen LogP contribution in [0.1, 0.15) is 11.1 Å². The molecule has 82 valence electrons. The molecule has 0 radical (unpaired) electrons. The first kappa shape index (κ1) is 11.7. The first-order chi connectivity index (χ1) is 6.86. The Bertz CT molecular complexity index is 394. The molecule has 0 unspecified atom stereocenters. The van der Waals surface area contributed by atoms with Gasteiger partial charge in [0.05, 0.1) is 0 Å². The fourth-order valence-electron chi connectivity index (χ4n) is 0.950. The summed E-state index contributed by atoms with van der Waals surface area (Å²) in [5.41, 5.74) is -1.41. The number of nitrogens with zero attached hydrogens (tertiary/aromatic N) is 2. The van der Waals surface area contributed by atoms with Crippen molar-refractivity contribution >= 4 is 17.4 Å². The third kappa shape index (κ3) is 2.56. The van der Waals surface area contributed by atoms with Crippen molar-refractivity contribution in [3.05, 3.63) is 33.5 Å². The second-order valence-corrected chi connectivity index (χ2v) is 2.86. The van der Waals surface area contributed by atoms with Crippen LogP contribution in [0.15, 0.2) is 12.3 Å². The second-order valence-electron chi connectivity index (χ2n) is 2.59. The van der Waals surface area contributed by atoms with Gasteiger partial charge in [0, 0.05) is 11.9 Å². The summed E-state index contributed by atoms with van der Waals surface area (Å²) in [4.78, 5) is 12.4. The molecule has 0 aliphatic rings. The molecule has 1 aromatic heterocycles. The lowest BCUT2D eigenvalue weighted by atomic mass is 10.1. The SMILES string of the molecule is O=[N+]([O-])c1cc(CCl)c(C(F)(F)F)cn1. The molecule has 0 N–H and O–H groups in total. The van der Waals surface area contributed by atoms with Gasteiger partial charge in [0.15, 0.2) is 6.20 Å². The molecule has 15 heavy (non-hydrogen) atoms. The molecule has 4 nitrogen and oxygen atoms in total. The maximum atomic E-state index is 12.3. The first-order valence-corrected chi connectivity index (χ1v) is 4.16. The van der Waals surface area contributed by atoms with Gasteiger partial charge < -0.3 is 10.1 Å². The molecule has 0 atom stereocenters. The van der Waals surface area contributed by atoms with Crippen molar-refractivity contribution in [2.45, 2.75) is 12.1 Å². The highest BCUT2D eigenvalue weighted by Gasteiger charge is 2.35. The highest BCUT2D eigenvalue weighted by molar-refractivity contribution is 6.17. The lowest BCUT2D eigenvalue weighted by Crippen LogP contribution is -2.10. The van der Waals surface area contributed by atoms with Crippen molar-refractivity contribution in [3.8, 4) is 0 Å². The Morgan fingerprint density at radius 1 is 1.53 bits per heavy atom. The summed E-state index contributed by atoms with van der Waals surface area (Å²) < 4.78 is 36.9. The van der Waals surface area contributed by atoms with E-state index >= 15 is 0 Å². The van der Waals surface area contributed by atoms with E-state index in [4.69, 9.17) is 11.6 Å². The summed E-state index contributed by atoms with van der Waals surface area (Å²) >= 11 is 5.26. The average Bonchev–Trinajstić information content (AvgIpc) is 2.15. The Hall–Kier alpha value is -1.37. The first-order valence-electron chi connectivity index (χ1n) is 3.62. The molecule has 0 fully saturated rings. The van der Waals surface area contributed by atoms with Gasteiger partial charge in [0.25, 0.3) is 0 Å². The molecule has 0 aliphatic carbocycles. The third-order valence-corrected chi connectivity index (χ3v) is 1.90. The number of alkyl halides is 4. The van der Waals surface area contributed by atoms with Crippen molar-refractivity contribution < 1.29 is 18.1 Å². The van der Waals surface area contributed by atoms with Crippen molar-refractivity contribution in [2.24, 2.45) is 0 Å². The number of aromatic nitrogens is 1. The van der Waals surface area contributed by atoms with Gasteiger partial charge >= 0.3 is 12.0 Å². The van der Waals surface area contributed by atoms with Gasteiger partial charge in [-0.05, 0) is 15.5 Å². The van der Waals surface area contributed by atoms with Crippen LogP contribution in [-0.4, -0.2) is 9.91 Å². The molecule has 0 amide bonds. The highest BCUT2D eigenvalue weighted by atomic mass is 35.5. The molecule has 1 aromatic rings. The average molecular weight is 241 g/mol. The molecule has 0 spiro atoms. The monoisotopic (exact) mass is 240 g/mol. The van der Waals surface area contributed by atoms with E-state index in [1.54, 1.807) is 0 Å². The number of pyridine rings is 1. The van der Waals surface area contributed by atoms with Crippen LogP contribution in [0.4, 0.5) is 19.0 Å². The van der Waals surface area contributed by atoms with Crippen LogP contribution in [0.5, 0.6) is 0 Å². The smallest absolute Gasteiger partial charge is 0.358 e. The predicted octanol–water partition coefficient (Wildman–Crippen LogP) is 2.75. The summed E-state index contributed by atoms with van der Waals surface area (Å²) in [6.45, 7) is 0. The van der Waals surface area contributed by atoms with Crippen LogP contribution in [0.25, 0.3) is 0 Å². The molecule has 0 aliphatic heterocycles. The zero-order valence-electron chi connectivity index (χ0n) is 7.08. The van der Waals surface area contributed by atoms with Crippen LogP contribution in [0, 0.1) is 10.1 Å². The predicted molar refractivity (Wildman–Crippen MR) is 45.5 cm³/mol. The molecule has 1 heterocycles. The van der Waals surface area contributed by atoms with Crippen molar-refractivity contribution in [1.82, 2.24) is 4.98 Å². The zero-order valence-corrected chi connectivity index (χ0v) is 7.84. The van der Waals surface area contributed by atoms with Crippen molar-refractivity contribution in [1.29, 1.82) is 0 Å². The minimum atomic E-state index is -4.60. The topological polar surface area (TPSA) is 56.0 Å². The molecule has 0 saturated carbocycles. The number of rotatable bonds is 2. The molecule has 0 bridgehead atoms. The quantitative estimate of drug-likeness (QED) is 0.454. The molecule has 8 heteroatoms. The fraction of sp³-hybridized carbons (Fsp3) is 0.286. The summed E-state index contributed by atoms with van der Waals surface area (Å²) in [5, 5.41) is 10.2. The Kier molecular flexibility index (Phi) is 3.13. The Labute approximate surface area is 86.8 Å².